The molecule has 1 aromatic heterocycles. The quantitative estimate of drug-likeness (QED) is 0.488. The summed E-state index contributed by atoms with van der Waals surface area (Å²) in [6.07, 6.45) is 0. The number of carbonyl (C=O) groups excluding carboxylic acids is 1. The normalized spacial score (nSPS) is 9.75. The number of rotatable bonds is 2. The van der Waals surface area contributed by atoms with Crippen molar-refractivity contribution in [2.45, 2.75) is 6.92 Å². The van der Waals surface area contributed by atoms with Crippen molar-refractivity contribution >= 4 is 25.2 Å². The van der Waals surface area contributed by atoms with Gasteiger partial charge in [0, 0.05) is 0 Å². The number of ether oxygens (including phenoxy) is 1. The highest BCUT2D eigenvalue weighted by Gasteiger charge is 2.15. The number of hydrogen-bond donors (Lipinski definition) is 1. The van der Waals surface area contributed by atoms with Crippen LogP contribution in [0.15, 0.2) is 10.5 Å². The minimum Gasteiger partial charge on any atom is -0.464 e. The molecular weight excluding hydrogens is 157 g/mol. The summed E-state index contributed by atoms with van der Waals surface area (Å²) in [5.74, 6) is -0.624. The van der Waals surface area contributed by atoms with Crippen LogP contribution in [0.5, 0.6) is 0 Å². The monoisotopic (exact) mass is 165 g/mol. The molecule has 0 fully saturated rings. The van der Waals surface area contributed by atoms with Gasteiger partial charge in [-0.25, -0.2) is 4.79 Å². The molecule has 0 atom stereocenters. The van der Waals surface area contributed by atoms with E-state index in [2.05, 4.69) is 4.74 Å². The molecule has 0 saturated carbocycles. The van der Waals surface area contributed by atoms with E-state index >= 15 is 0 Å². The van der Waals surface area contributed by atoms with E-state index in [4.69, 9.17) is 18.0 Å². The molecule has 0 unspecified atom stereocenters. The Morgan fingerprint density at radius 1 is 1.83 bits per heavy atom. The average Bonchev–Trinajstić information content (AvgIpc) is 2.30. The zero-order valence-corrected chi connectivity index (χ0v) is 6.66. The summed E-state index contributed by atoms with van der Waals surface area (Å²) < 4.78 is 9.46. The van der Waals surface area contributed by atoms with Gasteiger partial charge in [0.1, 0.15) is 0 Å². The first-order valence-corrected chi connectivity index (χ1v) is 3.47. The second-order valence-corrected chi connectivity index (χ2v) is 2.15. The third kappa shape index (κ3) is 1.61. The molecule has 2 radical (unpaired) electrons. The van der Waals surface area contributed by atoms with Crippen LogP contribution >= 0.6 is 0 Å². The third-order valence-electron chi connectivity index (χ3n) is 1.24. The molecule has 12 heavy (non-hydrogen) atoms. The van der Waals surface area contributed by atoms with Gasteiger partial charge >= 0.3 is 5.97 Å². The lowest BCUT2D eigenvalue weighted by Crippen LogP contribution is -2.06. The molecule has 0 aliphatic heterocycles. The zero-order valence-electron chi connectivity index (χ0n) is 6.66. The predicted molar refractivity (Wildman–Crippen MR) is 44.5 cm³/mol. The Hall–Kier alpha value is -1.39. The molecule has 0 spiro atoms. The van der Waals surface area contributed by atoms with Crippen molar-refractivity contribution in [2.24, 2.45) is 0 Å². The molecule has 4 nitrogen and oxygen atoms in total. The number of furan rings is 1. The summed E-state index contributed by atoms with van der Waals surface area (Å²) in [5, 5.41) is 0. The van der Waals surface area contributed by atoms with Crippen molar-refractivity contribution in [3.05, 3.63) is 11.8 Å². The molecule has 0 aliphatic carbocycles. The fourth-order valence-electron chi connectivity index (χ4n) is 0.781. The molecule has 0 aromatic carbocycles. The summed E-state index contributed by atoms with van der Waals surface area (Å²) in [7, 11) is 5.26. The molecule has 5 heteroatoms. The lowest BCUT2D eigenvalue weighted by Gasteiger charge is -1.97. The van der Waals surface area contributed by atoms with E-state index in [1.165, 1.54) is 6.07 Å². The number of carbonyl (C=O) groups is 1. The number of nitrogens with two attached hydrogens (primary N) is 1. The van der Waals surface area contributed by atoms with Crippen LogP contribution < -0.4 is 11.4 Å². The highest BCUT2D eigenvalue weighted by Crippen LogP contribution is 2.11. The molecule has 2 N–H and O–H groups in total. The van der Waals surface area contributed by atoms with Crippen LogP contribution in [-0.4, -0.2) is 20.4 Å². The number of nitrogen functional groups attached to an aromatic ring is 1. The molecule has 0 amide bonds. The summed E-state index contributed by atoms with van der Waals surface area (Å²) >= 11 is 0. The fraction of sp³-hybridized carbons (Fsp3) is 0.286. The second-order valence-electron chi connectivity index (χ2n) is 2.15. The van der Waals surface area contributed by atoms with Crippen molar-refractivity contribution in [2.75, 3.05) is 12.3 Å². The van der Waals surface area contributed by atoms with Gasteiger partial charge in [0.05, 0.1) is 18.0 Å². The van der Waals surface area contributed by atoms with E-state index in [1.807, 2.05) is 0 Å². The Labute approximate surface area is 71.1 Å². The Balaban J connectivity index is 2.87. The largest absolute Gasteiger partial charge is 0.464 e. The first-order valence-electron chi connectivity index (χ1n) is 3.47. The van der Waals surface area contributed by atoms with Crippen molar-refractivity contribution in [1.29, 1.82) is 0 Å². The van der Waals surface area contributed by atoms with E-state index in [0.717, 1.165) is 0 Å². The van der Waals surface area contributed by atoms with Crippen LogP contribution in [0.2, 0.25) is 0 Å². The lowest BCUT2D eigenvalue weighted by atomic mass is 10.1. The molecule has 62 valence electrons. The maximum absolute atomic E-state index is 11.0. The van der Waals surface area contributed by atoms with E-state index < -0.39 is 5.97 Å². The first-order chi connectivity index (χ1) is 5.65. The van der Waals surface area contributed by atoms with Crippen LogP contribution in [0.4, 0.5) is 5.69 Å². The molecular formula is C7H8BNO3. The van der Waals surface area contributed by atoms with Crippen molar-refractivity contribution < 1.29 is 13.9 Å². The van der Waals surface area contributed by atoms with E-state index in [9.17, 15) is 4.79 Å². The van der Waals surface area contributed by atoms with Crippen molar-refractivity contribution in [3.8, 4) is 0 Å². The van der Waals surface area contributed by atoms with Gasteiger partial charge in [-0.3, -0.25) is 0 Å². The topological polar surface area (TPSA) is 65.5 Å². The van der Waals surface area contributed by atoms with Gasteiger partial charge < -0.3 is 14.9 Å². The Kier molecular flexibility index (Phi) is 2.42. The van der Waals surface area contributed by atoms with Crippen LogP contribution in [-0.2, 0) is 4.74 Å². The van der Waals surface area contributed by atoms with Gasteiger partial charge in [-0.1, -0.05) is 0 Å². The summed E-state index contributed by atoms with van der Waals surface area (Å²) in [5.41, 5.74) is 5.70. The Bertz CT molecular complexity index is 295. The Morgan fingerprint density at radius 2 is 2.50 bits per heavy atom. The maximum atomic E-state index is 11.0. The van der Waals surface area contributed by atoms with Gasteiger partial charge in [-0.15, -0.1) is 0 Å². The SMILES string of the molecule is [B]c1cc(N)c(C(=O)OCC)o1. The number of anilines is 1. The predicted octanol–water partition coefficient (Wildman–Crippen LogP) is -0.168. The maximum Gasteiger partial charge on any atom is 0.376 e. The second kappa shape index (κ2) is 3.34. The average molecular weight is 165 g/mol. The smallest absolute Gasteiger partial charge is 0.376 e. The zero-order chi connectivity index (χ0) is 9.14. The van der Waals surface area contributed by atoms with Crippen molar-refractivity contribution in [1.82, 2.24) is 0 Å². The fourth-order valence-corrected chi connectivity index (χ4v) is 0.781. The van der Waals surface area contributed by atoms with Crippen LogP contribution in [0.3, 0.4) is 0 Å². The van der Waals surface area contributed by atoms with Crippen LogP contribution in [0, 0.1) is 0 Å². The molecule has 1 rings (SSSR count). The third-order valence-corrected chi connectivity index (χ3v) is 1.24. The minimum atomic E-state index is -0.591. The lowest BCUT2D eigenvalue weighted by molar-refractivity contribution is 0.0493. The van der Waals surface area contributed by atoms with Gasteiger partial charge in [0.25, 0.3) is 0 Å². The molecule has 1 heterocycles. The van der Waals surface area contributed by atoms with Crippen molar-refractivity contribution in [3.63, 3.8) is 0 Å². The van der Waals surface area contributed by atoms with E-state index in [1.54, 1.807) is 6.92 Å². The molecule has 0 aliphatic rings. The number of hydrogen-bond acceptors (Lipinski definition) is 4. The standard InChI is InChI=1S/C7H8BNO3/c1-2-11-7(10)6-4(9)3-5(8)12-6/h3H,2,9H2,1H3. The number of esters is 1. The van der Waals surface area contributed by atoms with Gasteiger partial charge in [0.15, 0.2) is 7.85 Å². The Morgan fingerprint density at radius 3 is 2.92 bits per heavy atom. The van der Waals surface area contributed by atoms with E-state index in [-0.39, 0.29) is 23.7 Å². The molecule has 1 aromatic rings. The van der Waals surface area contributed by atoms with Gasteiger partial charge in [-0.05, 0) is 13.0 Å². The van der Waals surface area contributed by atoms with Crippen LogP contribution in [0.1, 0.15) is 17.5 Å². The molecule has 0 saturated heterocycles. The first kappa shape index (κ1) is 8.71. The minimum absolute atomic E-state index is 0.0330. The summed E-state index contributed by atoms with van der Waals surface area (Å²) in [6, 6.07) is 1.37. The highest BCUT2D eigenvalue weighted by atomic mass is 16.5. The van der Waals surface area contributed by atoms with Gasteiger partial charge in [0.2, 0.25) is 5.76 Å². The summed E-state index contributed by atoms with van der Waals surface area (Å²) in [4.78, 5) is 11.0. The van der Waals surface area contributed by atoms with E-state index in [0.29, 0.717) is 0 Å². The van der Waals surface area contributed by atoms with Crippen LogP contribution in [0.25, 0.3) is 0 Å². The highest BCUT2D eigenvalue weighted by molar-refractivity contribution is 6.30. The summed E-state index contributed by atoms with van der Waals surface area (Å²) in [6.45, 7) is 1.97. The molecule has 0 bridgehead atoms. The van der Waals surface area contributed by atoms with Gasteiger partial charge in [-0.2, -0.15) is 0 Å².